The third kappa shape index (κ3) is 2.02. The van der Waals surface area contributed by atoms with E-state index in [1.54, 1.807) is 0 Å². The van der Waals surface area contributed by atoms with E-state index in [1.165, 1.54) is 11.1 Å². The van der Waals surface area contributed by atoms with Gasteiger partial charge in [0.1, 0.15) is 0 Å². The van der Waals surface area contributed by atoms with Gasteiger partial charge in [-0.15, -0.1) is 0 Å². The normalized spacial score (nSPS) is 22.6. The molecule has 0 atom stereocenters. The Bertz CT molecular complexity index is 203. The van der Waals surface area contributed by atoms with Crippen LogP contribution in [0.25, 0.3) is 0 Å². The maximum atomic E-state index is 4.09. The molecule has 0 spiro atoms. The fourth-order valence-electron chi connectivity index (χ4n) is 0.710. The van der Waals surface area contributed by atoms with Gasteiger partial charge in [0.25, 0.3) is 0 Å². The van der Waals surface area contributed by atoms with Crippen molar-refractivity contribution in [3.8, 4) is 0 Å². The minimum Gasteiger partial charge on any atom is -0.264 e. The van der Waals surface area contributed by atoms with Gasteiger partial charge in [-0.2, -0.15) is 0 Å². The first-order chi connectivity index (χ1) is 4.79. The molecule has 0 amide bonds. The highest BCUT2D eigenvalue weighted by Crippen LogP contribution is 2.00. The summed E-state index contributed by atoms with van der Waals surface area (Å²) in [5.41, 5.74) is 2.36. The van der Waals surface area contributed by atoms with Crippen molar-refractivity contribution in [2.75, 3.05) is 0 Å². The third-order valence-electron chi connectivity index (χ3n) is 1.27. The molecule has 0 bridgehead atoms. The number of rotatable bonds is 0. The van der Waals surface area contributed by atoms with E-state index in [4.69, 9.17) is 0 Å². The van der Waals surface area contributed by atoms with Crippen LogP contribution in [-0.4, -0.2) is 6.21 Å². The molecular weight excluding hydrogens is 122 g/mol. The Balaban J connectivity index is 2.84. The van der Waals surface area contributed by atoms with Crippen LogP contribution < -0.4 is 0 Å². The van der Waals surface area contributed by atoms with Crippen LogP contribution in [0.4, 0.5) is 0 Å². The lowest BCUT2D eigenvalue weighted by Gasteiger charge is -1.92. The topological polar surface area (TPSA) is 12.4 Å². The monoisotopic (exact) mass is 133 g/mol. The summed E-state index contributed by atoms with van der Waals surface area (Å²) < 4.78 is 0. The first kappa shape index (κ1) is 7.00. The summed E-state index contributed by atoms with van der Waals surface area (Å²) in [6.07, 6.45) is 9.83. The van der Waals surface area contributed by atoms with Crippen molar-refractivity contribution in [3.63, 3.8) is 0 Å². The van der Waals surface area contributed by atoms with E-state index in [2.05, 4.69) is 4.99 Å². The molecule has 0 saturated heterocycles. The van der Waals surface area contributed by atoms with Gasteiger partial charge in [-0.25, -0.2) is 0 Å². The van der Waals surface area contributed by atoms with Gasteiger partial charge in [-0.05, 0) is 25.0 Å². The van der Waals surface area contributed by atoms with Crippen LogP contribution in [0.1, 0.15) is 13.8 Å². The zero-order valence-corrected chi connectivity index (χ0v) is 6.33. The maximum absolute atomic E-state index is 4.09. The molecule has 10 heavy (non-hydrogen) atoms. The van der Waals surface area contributed by atoms with Crippen molar-refractivity contribution >= 4 is 6.21 Å². The van der Waals surface area contributed by atoms with Crippen LogP contribution >= 0.6 is 0 Å². The molecule has 0 N–H and O–H groups in total. The van der Waals surface area contributed by atoms with E-state index in [0.29, 0.717) is 0 Å². The summed E-state index contributed by atoms with van der Waals surface area (Å²) in [6, 6.07) is 0. The number of hydrogen-bond donors (Lipinski definition) is 0. The van der Waals surface area contributed by atoms with Gasteiger partial charge in [0.15, 0.2) is 0 Å². The maximum Gasteiger partial charge on any atom is 0.0297 e. The van der Waals surface area contributed by atoms with Gasteiger partial charge in [0.2, 0.25) is 0 Å². The first-order valence-electron chi connectivity index (χ1n) is 3.34. The second-order valence-electron chi connectivity index (χ2n) is 2.42. The summed E-state index contributed by atoms with van der Waals surface area (Å²) in [6.45, 7) is 4.06. The summed E-state index contributed by atoms with van der Waals surface area (Å²) in [5.74, 6) is 0. The first-order valence-corrected chi connectivity index (χ1v) is 3.34. The lowest BCUT2D eigenvalue weighted by molar-refractivity contribution is 1.41. The molecule has 1 rings (SSSR count). The molecule has 0 unspecified atom stereocenters. The Morgan fingerprint density at radius 3 is 2.80 bits per heavy atom. The van der Waals surface area contributed by atoms with Crippen molar-refractivity contribution in [2.24, 2.45) is 4.99 Å². The van der Waals surface area contributed by atoms with E-state index in [1.807, 2.05) is 44.5 Å². The SMILES string of the molecule is CC1=CN=C/C(C)=C/C=C1. The molecule has 1 heteroatoms. The molecule has 1 aliphatic heterocycles. The van der Waals surface area contributed by atoms with Crippen molar-refractivity contribution < 1.29 is 0 Å². The fourth-order valence-corrected chi connectivity index (χ4v) is 0.710. The smallest absolute Gasteiger partial charge is 0.0297 e. The molecule has 1 nitrogen and oxygen atoms in total. The summed E-state index contributed by atoms with van der Waals surface area (Å²) in [5, 5.41) is 0. The summed E-state index contributed by atoms with van der Waals surface area (Å²) in [7, 11) is 0. The quantitative estimate of drug-likeness (QED) is 0.481. The van der Waals surface area contributed by atoms with Gasteiger partial charge in [-0.3, -0.25) is 4.99 Å². The van der Waals surface area contributed by atoms with Gasteiger partial charge in [0.05, 0.1) is 0 Å². The highest BCUT2D eigenvalue weighted by atomic mass is 14.7. The number of allylic oxidation sites excluding steroid dienone is 5. The average molecular weight is 133 g/mol. The number of nitrogens with zero attached hydrogens (tertiary/aromatic N) is 1. The van der Waals surface area contributed by atoms with E-state index < -0.39 is 0 Å². The molecule has 0 aromatic carbocycles. The number of aliphatic imine (C=N–C) groups is 1. The van der Waals surface area contributed by atoms with Crippen LogP contribution in [0.3, 0.4) is 0 Å². The Morgan fingerprint density at radius 2 is 2.00 bits per heavy atom. The molecule has 0 aliphatic carbocycles. The van der Waals surface area contributed by atoms with Crippen LogP contribution in [0.5, 0.6) is 0 Å². The van der Waals surface area contributed by atoms with Crippen LogP contribution in [0.2, 0.25) is 0 Å². The second-order valence-corrected chi connectivity index (χ2v) is 2.42. The predicted molar refractivity (Wildman–Crippen MR) is 45.1 cm³/mol. The van der Waals surface area contributed by atoms with Gasteiger partial charge >= 0.3 is 0 Å². The minimum absolute atomic E-state index is 1.18. The highest BCUT2D eigenvalue weighted by Gasteiger charge is 1.83. The predicted octanol–water partition coefficient (Wildman–Crippen LogP) is 2.48. The number of hydrogen-bond acceptors (Lipinski definition) is 1. The molecule has 1 aliphatic rings. The largest absolute Gasteiger partial charge is 0.264 e. The zero-order chi connectivity index (χ0) is 7.40. The molecule has 0 fully saturated rings. The molecule has 0 aromatic rings. The molecule has 0 radical (unpaired) electrons. The zero-order valence-electron chi connectivity index (χ0n) is 6.33. The highest BCUT2D eigenvalue weighted by molar-refractivity contribution is 5.78. The van der Waals surface area contributed by atoms with E-state index in [9.17, 15) is 0 Å². The van der Waals surface area contributed by atoms with Crippen molar-refractivity contribution in [1.29, 1.82) is 0 Å². The molecule has 0 aromatic heterocycles. The van der Waals surface area contributed by atoms with Crippen molar-refractivity contribution in [2.45, 2.75) is 13.8 Å². The van der Waals surface area contributed by atoms with Gasteiger partial charge in [0, 0.05) is 12.4 Å². The fraction of sp³-hybridized carbons (Fsp3) is 0.222. The van der Waals surface area contributed by atoms with E-state index in [-0.39, 0.29) is 0 Å². The Labute approximate surface area is 61.5 Å². The van der Waals surface area contributed by atoms with E-state index in [0.717, 1.165) is 0 Å². The van der Waals surface area contributed by atoms with Crippen LogP contribution in [0, 0.1) is 0 Å². The second kappa shape index (κ2) is 3.16. The van der Waals surface area contributed by atoms with Gasteiger partial charge < -0.3 is 0 Å². The average Bonchev–Trinajstić information content (AvgIpc) is 1.84. The minimum atomic E-state index is 1.18. The molecular formula is C9H11N. The van der Waals surface area contributed by atoms with Gasteiger partial charge in [-0.1, -0.05) is 18.2 Å². The summed E-state index contributed by atoms with van der Waals surface area (Å²) >= 11 is 0. The molecule has 52 valence electrons. The molecule has 1 heterocycles. The third-order valence-corrected chi connectivity index (χ3v) is 1.27. The lowest BCUT2D eigenvalue weighted by Crippen LogP contribution is -1.78. The lowest BCUT2D eigenvalue weighted by atomic mass is 10.2. The van der Waals surface area contributed by atoms with Crippen molar-refractivity contribution in [3.05, 3.63) is 35.6 Å². The summed E-state index contributed by atoms with van der Waals surface area (Å²) in [4.78, 5) is 4.09. The Kier molecular flexibility index (Phi) is 2.21. The molecule has 0 saturated carbocycles. The van der Waals surface area contributed by atoms with E-state index >= 15 is 0 Å². The standard InChI is InChI=1S/C9H11N/c1-8-4-3-5-9(2)7-10-6-8/h3-7H,1-2H3/b4-3?,5-3?,8-4+,8-6?,9-5?,9-7?,10-6?,10-7?. The van der Waals surface area contributed by atoms with Crippen LogP contribution in [0.15, 0.2) is 40.6 Å². The van der Waals surface area contributed by atoms with Crippen LogP contribution in [-0.2, 0) is 0 Å². The Morgan fingerprint density at radius 1 is 1.20 bits per heavy atom. The Hall–Kier alpha value is -1.11. The van der Waals surface area contributed by atoms with Crippen molar-refractivity contribution in [1.82, 2.24) is 0 Å².